The molecule has 1 aromatic carbocycles. The Bertz CT molecular complexity index is 465. The number of rotatable bonds is 6. The summed E-state index contributed by atoms with van der Waals surface area (Å²) in [5.74, 6) is -0.392. The normalized spacial score (nSPS) is 19.4. The third kappa shape index (κ3) is 4.79. The molecule has 1 heterocycles. The Morgan fingerprint density at radius 2 is 2.19 bits per heavy atom. The summed E-state index contributed by atoms with van der Waals surface area (Å²) >= 11 is 0. The van der Waals surface area contributed by atoms with Gasteiger partial charge in [-0.2, -0.15) is 0 Å². The number of carbonyl (C=O) groups is 1. The molecule has 0 saturated carbocycles. The number of likely N-dealkylation sites (tertiary alicyclic amines) is 1. The molecule has 1 aliphatic rings. The molecule has 2 N–H and O–H groups in total. The molecule has 0 radical (unpaired) electrons. The molecule has 1 aromatic rings. The highest BCUT2D eigenvalue weighted by Gasteiger charge is 2.23. The predicted octanol–water partition coefficient (Wildman–Crippen LogP) is 1.68. The quantitative estimate of drug-likeness (QED) is 0.839. The van der Waals surface area contributed by atoms with E-state index in [-0.39, 0.29) is 30.9 Å². The molecule has 0 aliphatic carbocycles. The molecule has 0 spiro atoms. The number of hydrogen-bond acceptors (Lipinski definition) is 3. The molecule has 1 atom stereocenters. The van der Waals surface area contributed by atoms with Gasteiger partial charge in [-0.25, -0.2) is 4.39 Å². The largest absolute Gasteiger partial charge is 0.396 e. The van der Waals surface area contributed by atoms with Crippen LogP contribution in [0.2, 0.25) is 0 Å². The van der Waals surface area contributed by atoms with Crippen LogP contribution in [-0.4, -0.2) is 41.7 Å². The van der Waals surface area contributed by atoms with Crippen LogP contribution in [-0.2, 0) is 11.3 Å². The second-order valence-electron chi connectivity index (χ2n) is 5.50. The molecule has 1 fully saturated rings. The highest BCUT2D eigenvalue weighted by Crippen LogP contribution is 2.18. The Balaban J connectivity index is 1.82. The van der Waals surface area contributed by atoms with Crippen molar-refractivity contribution in [3.05, 3.63) is 35.6 Å². The topological polar surface area (TPSA) is 52.6 Å². The first kappa shape index (κ1) is 15.9. The van der Waals surface area contributed by atoms with Crippen LogP contribution < -0.4 is 5.32 Å². The predicted molar refractivity (Wildman–Crippen MR) is 79.2 cm³/mol. The molecule has 116 valence electrons. The van der Waals surface area contributed by atoms with E-state index in [1.54, 1.807) is 18.2 Å². The molecule has 1 amide bonds. The van der Waals surface area contributed by atoms with Gasteiger partial charge in [-0.05, 0) is 31.9 Å². The SMILES string of the molecule is O=C(CN1CCCCC1CCO)NCc1ccccc1F. The lowest BCUT2D eigenvalue weighted by Crippen LogP contribution is -2.45. The molecular formula is C16H23FN2O2. The van der Waals surface area contributed by atoms with Crippen LogP contribution in [0.25, 0.3) is 0 Å². The number of benzene rings is 1. The molecule has 2 rings (SSSR count). The van der Waals surface area contributed by atoms with Gasteiger partial charge in [-0.1, -0.05) is 24.6 Å². The van der Waals surface area contributed by atoms with Crippen molar-refractivity contribution in [1.82, 2.24) is 10.2 Å². The number of nitrogens with zero attached hydrogens (tertiary/aromatic N) is 1. The van der Waals surface area contributed by atoms with Crippen molar-refractivity contribution in [2.75, 3.05) is 19.7 Å². The number of nitrogens with one attached hydrogen (secondary N) is 1. The zero-order valence-electron chi connectivity index (χ0n) is 12.2. The van der Waals surface area contributed by atoms with Gasteiger partial charge in [0.05, 0.1) is 6.54 Å². The van der Waals surface area contributed by atoms with Crippen LogP contribution in [0.1, 0.15) is 31.2 Å². The van der Waals surface area contributed by atoms with Crippen LogP contribution in [0.3, 0.4) is 0 Å². The fourth-order valence-corrected chi connectivity index (χ4v) is 2.82. The minimum Gasteiger partial charge on any atom is -0.396 e. The van der Waals surface area contributed by atoms with Gasteiger partial charge in [0.25, 0.3) is 0 Å². The number of piperidine rings is 1. The van der Waals surface area contributed by atoms with Gasteiger partial charge in [0.1, 0.15) is 5.82 Å². The lowest BCUT2D eigenvalue weighted by molar-refractivity contribution is -0.123. The third-order valence-electron chi connectivity index (χ3n) is 3.99. The van der Waals surface area contributed by atoms with E-state index in [4.69, 9.17) is 5.11 Å². The van der Waals surface area contributed by atoms with Gasteiger partial charge >= 0.3 is 0 Å². The van der Waals surface area contributed by atoms with Crippen LogP contribution in [0.4, 0.5) is 4.39 Å². The van der Waals surface area contributed by atoms with Crippen molar-refractivity contribution in [2.24, 2.45) is 0 Å². The van der Waals surface area contributed by atoms with E-state index in [1.807, 2.05) is 0 Å². The molecule has 21 heavy (non-hydrogen) atoms. The smallest absolute Gasteiger partial charge is 0.234 e. The van der Waals surface area contributed by atoms with Crippen molar-refractivity contribution in [1.29, 1.82) is 0 Å². The fraction of sp³-hybridized carbons (Fsp3) is 0.562. The number of amides is 1. The minimum atomic E-state index is -0.297. The van der Waals surface area contributed by atoms with Crippen molar-refractivity contribution < 1.29 is 14.3 Å². The molecule has 1 aliphatic heterocycles. The standard InChI is InChI=1S/C16H23FN2O2/c17-15-7-2-1-5-13(15)11-18-16(21)12-19-9-4-3-6-14(19)8-10-20/h1-2,5,7,14,20H,3-4,6,8-12H2,(H,18,21). The van der Waals surface area contributed by atoms with Gasteiger partial charge in [-0.15, -0.1) is 0 Å². The zero-order valence-corrected chi connectivity index (χ0v) is 12.2. The minimum absolute atomic E-state index is 0.0944. The van der Waals surface area contributed by atoms with Crippen molar-refractivity contribution in [3.8, 4) is 0 Å². The average Bonchev–Trinajstić information content (AvgIpc) is 2.49. The molecule has 5 heteroatoms. The average molecular weight is 294 g/mol. The summed E-state index contributed by atoms with van der Waals surface area (Å²) in [6.07, 6.45) is 3.97. The summed E-state index contributed by atoms with van der Waals surface area (Å²) in [4.78, 5) is 14.1. The summed E-state index contributed by atoms with van der Waals surface area (Å²) < 4.78 is 13.5. The summed E-state index contributed by atoms with van der Waals surface area (Å²) in [6.45, 7) is 1.57. The molecule has 1 saturated heterocycles. The van der Waals surface area contributed by atoms with Gasteiger partial charge in [0.2, 0.25) is 5.91 Å². The molecule has 0 aromatic heterocycles. The maximum absolute atomic E-state index is 13.5. The summed E-state index contributed by atoms with van der Waals surface area (Å²) in [7, 11) is 0. The van der Waals surface area contributed by atoms with Crippen LogP contribution in [0, 0.1) is 5.82 Å². The third-order valence-corrected chi connectivity index (χ3v) is 3.99. The maximum Gasteiger partial charge on any atom is 0.234 e. The first-order valence-electron chi connectivity index (χ1n) is 7.55. The lowest BCUT2D eigenvalue weighted by atomic mass is 10.00. The second-order valence-corrected chi connectivity index (χ2v) is 5.50. The molecular weight excluding hydrogens is 271 g/mol. The highest BCUT2D eigenvalue weighted by atomic mass is 19.1. The Hall–Kier alpha value is -1.46. The number of aliphatic hydroxyl groups excluding tert-OH is 1. The molecule has 4 nitrogen and oxygen atoms in total. The van der Waals surface area contributed by atoms with E-state index in [1.165, 1.54) is 6.07 Å². The van der Waals surface area contributed by atoms with E-state index >= 15 is 0 Å². The fourth-order valence-electron chi connectivity index (χ4n) is 2.82. The van der Waals surface area contributed by atoms with Crippen LogP contribution in [0.15, 0.2) is 24.3 Å². The van der Waals surface area contributed by atoms with E-state index in [9.17, 15) is 9.18 Å². The van der Waals surface area contributed by atoms with Crippen molar-refractivity contribution in [2.45, 2.75) is 38.3 Å². The van der Waals surface area contributed by atoms with Gasteiger partial charge in [0.15, 0.2) is 0 Å². The number of hydrogen-bond donors (Lipinski definition) is 2. The lowest BCUT2D eigenvalue weighted by Gasteiger charge is -2.34. The second kappa shape index (κ2) is 8.10. The monoisotopic (exact) mass is 294 g/mol. The van der Waals surface area contributed by atoms with Crippen molar-refractivity contribution >= 4 is 5.91 Å². The Morgan fingerprint density at radius 1 is 1.38 bits per heavy atom. The van der Waals surface area contributed by atoms with E-state index < -0.39 is 0 Å². The highest BCUT2D eigenvalue weighted by molar-refractivity contribution is 5.78. The van der Waals surface area contributed by atoms with Crippen molar-refractivity contribution in [3.63, 3.8) is 0 Å². The first-order valence-corrected chi connectivity index (χ1v) is 7.55. The number of carbonyl (C=O) groups excluding carboxylic acids is 1. The Morgan fingerprint density at radius 3 is 2.95 bits per heavy atom. The van der Waals surface area contributed by atoms with E-state index in [2.05, 4.69) is 10.2 Å². The van der Waals surface area contributed by atoms with Crippen LogP contribution >= 0.6 is 0 Å². The van der Waals surface area contributed by atoms with E-state index in [0.717, 1.165) is 25.8 Å². The Kier molecular flexibility index (Phi) is 6.14. The summed E-state index contributed by atoms with van der Waals surface area (Å²) in [6, 6.07) is 6.73. The summed E-state index contributed by atoms with van der Waals surface area (Å²) in [5.41, 5.74) is 0.497. The van der Waals surface area contributed by atoms with E-state index in [0.29, 0.717) is 18.5 Å². The number of halogens is 1. The maximum atomic E-state index is 13.5. The zero-order chi connectivity index (χ0) is 15.1. The summed E-state index contributed by atoms with van der Waals surface area (Å²) in [5, 5.41) is 11.9. The first-order chi connectivity index (χ1) is 10.2. The van der Waals surface area contributed by atoms with Gasteiger partial charge in [-0.3, -0.25) is 9.69 Å². The number of aliphatic hydroxyl groups is 1. The van der Waals surface area contributed by atoms with Gasteiger partial charge in [0, 0.05) is 24.8 Å². The molecule has 1 unspecified atom stereocenters. The Labute approximate surface area is 125 Å². The van der Waals surface area contributed by atoms with Crippen LogP contribution in [0.5, 0.6) is 0 Å². The molecule has 0 bridgehead atoms. The van der Waals surface area contributed by atoms with Gasteiger partial charge < -0.3 is 10.4 Å².